The Kier molecular flexibility index (Phi) is 6.93. The molecule has 1 heterocycles. The highest BCUT2D eigenvalue weighted by molar-refractivity contribution is 6.30. The average Bonchev–Trinajstić information content (AvgIpc) is 2.70. The van der Waals surface area contributed by atoms with Crippen molar-refractivity contribution in [1.29, 1.82) is 0 Å². The SMILES string of the molecule is Cc1cc(C)c(NC(=O)Cn2c(-c3cccc(Cl)c3)nc(C)c(CCO)c2=O)c(C)c1. The molecule has 0 saturated heterocycles. The van der Waals surface area contributed by atoms with Gasteiger partial charge in [0.05, 0.1) is 0 Å². The van der Waals surface area contributed by atoms with Gasteiger partial charge in [-0.15, -0.1) is 0 Å². The number of aliphatic hydroxyl groups is 1. The number of rotatable bonds is 6. The zero-order valence-corrected chi connectivity index (χ0v) is 18.9. The molecule has 2 N–H and O–H groups in total. The average molecular weight is 440 g/mol. The second-order valence-corrected chi connectivity index (χ2v) is 8.13. The standard InChI is InChI=1S/C24H26ClN3O3/c1-14-10-15(2)22(16(3)11-14)27-21(30)13-28-23(18-6-5-7-19(25)12-18)26-17(4)20(8-9-29)24(28)31/h5-7,10-12,29H,8-9,13H2,1-4H3,(H,27,30). The number of halogens is 1. The van der Waals surface area contributed by atoms with E-state index in [1.807, 2.05) is 32.9 Å². The zero-order valence-electron chi connectivity index (χ0n) is 18.1. The number of aryl methyl sites for hydroxylation is 4. The molecule has 162 valence electrons. The van der Waals surface area contributed by atoms with Gasteiger partial charge in [-0.3, -0.25) is 14.2 Å². The Balaban J connectivity index is 2.05. The Morgan fingerprint density at radius 2 is 1.81 bits per heavy atom. The lowest BCUT2D eigenvalue weighted by molar-refractivity contribution is -0.116. The van der Waals surface area contributed by atoms with E-state index in [1.165, 1.54) is 4.57 Å². The molecule has 2 aromatic carbocycles. The summed E-state index contributed by atoms with van der Waals surface area (Å²) in [7, 11) is 0. The molecular weight excluding hydrogens is 414 g/mol. The largest absolute Gasteiger partial charge is 0.396 e. The quantitative estimate of drug-likeness (QED) is 0.608. The molecule has 0 fully saturated rings. The lowest BCUT2D eigenvalue weighted by atomic mass is 10.1. The zero-order chi connectivity index (χ0) is 22.7. The number of aromatic nitrogens is 2. The Bertz CT molecular complexity index is 1180. The van der Waals surface area contributed by atoms with Gasteiger partial charge >= 0.3 is 0 Å². The minimum absolute atomic E-state index is 0.172. The highest BCUT2D eigenvalue weighted by Crippen LogP contribution is 2.23. The summed E-state index contributed by atoms with van der Waals surface area (Å²) < 4.78 is 1.35. The summed E-state index contributed by atoms with van der Waals surface area (Å²) in [5, 5.41) is 12.8. The molecule has 0 aliphatic heterocycles. The Morgan fingerprint density at radius 3 is 2.42 bits per heavy atom. The van der Waals surface area contributed by atoms with Crippen LogP contribution in [0.1, 0.15) is 27.9 Å². The molecule has 1 amide bonds. The summed E-state index contributed by atoms with van der Waals surface area (Å²) in [6.45, 7) is 7.21. The number of nitrogens with zero attached hydrogens (tertiary/aromatic N) is 2. The molecule has 1 aromatic heterocycles. The number of aliphatic hydroxyl groups excluding tert-OH is 1. The van der Waals surface area contributed by atoms with E-state index < -0.39 is 0 Å². The van der Waals surface area contributed by atoms with Gasteiger partial charge in [0.25, 0.3) is 5.56 Å². The molecule has 0 aliphatic rings. The molecule has 0 aliphatic carbocycles. The predicted octanol–water partition coefficient (Wildman–Crippen LogP) is 3.97. The van der Waals surface area contributed by atoms with Gasteiger partial charge in [0.2, 0.25) is 5.91 Å². The van der Waals surface area contributed by atoms with Gasteiger partial charge in [-0.2, -0.15) is 0 Å². The highest BCUT2D eigenvalue weighted by atomic mass is 35.5. The minimum atomic E-state index is -0.343. The first kappa shape index (κ1) is 22.7. The molecule has 7 heteroatoms. The van der Waals surface area contributed by atoms with Crippen molar-refractivity contribution in [2.45, 2.75) is 40.7 Å². The van der Waals surface area contributed by atoms with Gasteiger partial charge in [0, 0.05) is 40.6 Å². The summed E-state index contributed by atoms with van der Waals surface area (Å²) in [6.07, 6.45) is 0.172. The minimum Gasteiger partial charge on any atom is -0.396 e. The molecule has 3 rings (SSSR count). The second-order valence-electron chi connectivity index (χ2n) is 7.70. The molecule has 0 atom stereocenters. The van der Waals surface area contributed by atoms with E-state index in [9.17, 15) is 14.7 Å². The van der Waals surface area contributed by atoms with Crippen molar-refractivity contribution in [2.75, 3.05) is 11.9 Å². The van der Waals surface area contributed by atoms with Gasteiger partial charge < -0.3 is 10.4 Å². The molecule has 0 spiro atoms. The normalized spacial score (nSPS) is 10.9. The van der Waals surface area contributed by atoms with Crippen LogP contribution in [0.5, 0.6) is 0 Å². The maximum absolute atomic E-state index is 13.2. The lowest BCUT2D eigenvalue weighted by Gasteiger charge is -2.17. The number of benzene rings is 2. The van der Waals surface area contributed by atoms with Crippen LogP contribution in [0, 0.1) is 27.7 Å². The number of nitrogens with one attached hydrogen (secondary N) is 1. The van der Waals surface area contributed by atoms with Crippen molar-refractivity contribution in [3.05, 3.63) is 79.7 Å². The smallest absolute Gasteiger partial charge is 0.257 e. The van der Waals surface area contributed by atoms with Gasteiger partial charge in [-0.1, -0.05) is 41.4 Å². The number of carbonyl (C=O) groups excluding carboxylic acids is 1. The van der Waals surface area contributed by atoms with Crippen LogP contribution in [0.25, 0.3) is 11.4 Å². The van der Waals surface area contributed by atoms with E-state index in [1.54, 1.807) is 31.2 Å². The van der Waals surface area contributed by atoms with Crippen LogP contribution < -0.4 is 10.9 Å². The third-order valence-corrected chi connectivity index (χ3v) is 5.39. The Hall–Kier alpha value is -2.96. The Labute approximate surface area is 186 Å². The van der Waals surface area contributed by atoms with E-state index in [0.717, 1.165) is 22.4 Å². The number of hydrogen-bond acceptors (Lipinski definition) is 4. The fourth-order valence-electron chi connectivity index (χ4n) is 3.79. The van der Waals surface area contributed by atoms with Crippen molar-refractivity contribution in [3.8, 4) is 11.4 Å². The first-order valence-electron chi connectivity index (χ1n) is 10.1. The van der Waals surface area contributed by atoms with Crippen molar-refractivity contribution in [2.24, 2.45) is 0 Å². The topological polar surface area (TPSA) is 84.2 Å². The van der Waals surface area contributed by atoms with E-state index in [2.05, 4.69) is 10.3 Å². The monoisotopic (exact) mass is 439 g/mol. The fraction of sp³-hybridized carbons (Fsp3) is 0.292. The third-order valence-electron chi connectivity index (χ3n) is 5.16. The molecule has 0 radical (unpaired) electrons. The van der Waals surface area contributed by atoms with Crippen LogP contribution in [-0.2, 0) is 17.8 Å². The van der Waals surface area contributed by atoms with Crippen LogP contribution >= 0.6 is 11.6 Å². The summed E-state index contributed by atoms with van der Waals surface area (Å²) in [5.41, 5.74) is 4.97. The third kappa shape index (κ3) is 5.03. The Morgan fingerprint density at radius 1 is 1.13 bits per heavy atom. The maximum Gasteiger partial charge on any atom is 0.257 e. The van der Waals surface area contributed by atoms with Crippen molar-refractivity contribution in [1.82, 2.24) is 9.55 Å². The fourth-order valence-corrected chi connectivity index (χ4v) is 3.98. The van der Waals surface area contributed by atoms with Crippen LogP contribution in [0.15, 0.2) is 41.2 Å². The van der Waals surface area contributed by atoms with Crippen LogP contribution in [-0.4, -0.2) is 27.2 Å². The van der Waals surface area contributed by atoms with Crippen molar-refractivity contribution >= 4 is 23.2 Å². The van der Waals surface area contributed by atoms with Gasteiger partial charge in [-0.05, 0) is 51.0 Å². The second kappa shape index (κ2) is 9.45. The molecule has 0 unspecified atom stereocenters. The molecule has 6 nitrogen and oxygen atoms in total. The number of hydrogen-bond donors (Lipinski definition) is 2. The van der Waals surface area contributed by atoms with Crippen molar-refractivity contribution in [3.63, 3.8) is 0 Å². The van der Waals surface area contributed by atoms with Gasteiger partial charge in [0.15, 0.2) is 0 Å². The summed E-state index contributed by atoms with van der Waals surface area (Å²) in [5.74, 6) is 0.0280. The number of carbonyl (C=O) groups is 1. The first-order chi connectivity index (χ1) is 14.7. The van der Waals surface area contributed by atoms with Crippen LogP contribution in [0.3, 0.4) is 0 Å². The lowest BCUT2D eigenvalue weighted by Crippen LogP contribution is -2.33. The number of amides is 1. The summed E-state index contributed by atoms with van der Waals surface area (Å²) in [4.78, 5) is 30.8. The van der Waals surface area contributed by atoms with Crippen LogP contribution in [0.2, 0.25) is 5.02 Å². The van der Waals surface area contributed by atoms with E-state index in [-0.39, 0.29) is 31.0 Å². The van der Waals surface area contributed by atoms with Crippen molar-refractivity contribution < 1.29 is 9.90 Å². The summed E-state index contributed by atoms with van der Waals surface area (Å²) in [6, 6.07) is 11.0. The molecule has 31 heavy (non-hydrogen) atoms. The molecule has 0 bridgehead atoms. The first-order valence-corrected chi connectivity index (χ1v) is 10.4. The number of anilines is 1. The molecule has 3 aromatic rings. The molecule has 0 saturated carbocycles. The maximum atomic E-state index is 13.2. The van der Waals surface area contributed by atoms with E-state index in [0.29, 0.717) is 27.7 Å². The van der Waals surface area contributed by atoms with E-state index in [4.69, 9.17) is 11.6 Å². The molecular formula is C24H26ClN3O3. The van der Waals surface area contributed by atoms with Crippen LogP contribution in [0.4, 0.5) is 5.69 Å². The highest BCUT2D eigenvalue weighted by Gasteiger charge is 2.18. The van der Waals surface area contributed by atoms with E-state index >= 15 is 0 Å². The summed E-state index contributed by atoms with van der Waals surface area (Å²) >= 11 is 6.14. The van der Waals surface area contributed by atoms with Gasteiger partial charge in [-0.25, -0.2) is 4.98 Å². The van der Waals surface area contributed by atoms with Gasteiger partial charge in [0.1, 0.15) is 12.4 Å². The predicted molar refractivity (Wildman–Crippen MR) is 124 cm³/mol.